The average Bonchev–Trinajstić information content (AvgIpc) is 3.36. The van der Waals surface area contributed by atoms with Crippen LogP contribution in [0.25, 0.3) is 10.9 Å². The van der Waals surface area contributed by atoms with Gasteiger partial charge in [0.1, 0.15) is 0 Å². The first-order valence-electron chi connectivity index (χ1n) is 9.69. The summed E-state index contributed by atoms with van der Waals surface area (Å²) in [6.07, 6.45) is 7.00. The molecule has 3 nitrogen and oxygen atoms in total. The normalized spacial score (nSPS) is 15.5. The van der Waals surface area contributed by atoms with E-state index in [4.69, 9.17) is 0 Å². The fourth-order valence-corrected chi connectivity index (χ4v) is 4.09. The Balaban J connectivity index is 1.56. The zero-order chi connectivity index (χ0) is 17.8. The molecule has 1 aromatic heterocycles. The Labute approximate surface area is 155 Å². The SMILES string of the molecule is O=C(C[C@@H](CCc1ccccc1)c1c[nH]c2ccccc12)N1CCCC1. The topological polar surface area (TPSA) is 36.1 Å². The van der Waals surface area contributed by atoms with Gasteiger partial charge in [-0.2, -0.15) is 0 Å². The van der Waals surface area contributed by atoms with Gasteiger partial charge in [-0.1, -0.05) is 48.5 Å². The highest BCUT2D eigenvalue weighted by Crippen LogP contribution is 2.32. The van der Waals surface area contributed by atoms with Crippen molar-refractivity contribution in [1.82, 2.24) is 9.88 Å². The minimum Gasteiger partial charge on any atom is -0.361 e. The van der Waals surface area contributed by atoms with Gasteiger partial charge in [-0.15, -0.1) is 0 Å². The van der Waals surface area contributed by atoms with Crippen molar-refractivity contribution in [3.05, 3.63) is 71.9 Å². The number of hydrogen-bond donors (Lipinski definition) is 1. The molecule has 2 heterocycles. The molecule has 0 spiro atoms. The van der Waals surface area contributed by atoms with Gasteiger partial charge in [0.15, 0.2) is 0 Å². The monoisotopic (exact) mass is 346 g/mol. The summed E-state index contributed by atoms with van der Waals surface area (Å²) >= 11 is 0. The molecule has 0 unspecified atom stereocenters. The van der Waals surface area contributed by atoms with Crippen LogP contribution in [0.4, 0.5) is 0 Å². The smallest absolute Gasteiger partial charge is 0.223 e. The molecule has 1 fully saturated rings. The van der Waals surface area contributed by atoms with Gasteiger partial charge in [-0.25, -0.2) is 0 Å². The maximum Gasteiger partial charge on any atom is 0.223 e. The number of aromatic amines is 1. The average molecular weight is 346 g/mol. The number of nitrogens with zero attached hydrogens (tertiary/aromatic N) is 1. The first kappa shape index (κ1) is 16.9. The summed E-state index contributed by atoms with van der Waals surface area (Å²) in [6, 6.07) is 19.0. The van der Waals surface area contributed by atoms with E-state index in [9.17, 15) is 4.79 Å². The fourth-order valence-electron chi connectivity index (χ4n) is 4.09. The molecule has 1 N–H and O–H groups in total. The number of benzene rings is 2. The maximum atomic E-state index is 12.8. The Morgan fingerprint density at radius 1 is 1.00 bits per heavy atom. The Morgan fingerprint density at radius 3 is 2.54 bits per heavy atom. The van der Waals surface area contributed by atoms with E-state index in [1.807, 2.05) is 4.90 Å². The van der Waals surface area contributed by atoms with Crippen molar-refractivity contribution in [3.8, 4) is 0 Å². The number of carbonyl (C=O) groups excluding carboxylic acids is 1. The third-order valence-electron chi connectivity index (χ3n) is 5.57. The lowest BCUT2D eigenvalue weighted by atomic mass is 9.89. The highest BCUT2D eigenvalue weighted by atomic mass is 16.2. The quantitative estimate of drug-likeness (QED) is 0.677. The van der Waals surface area contributed by atoms with Gasteiger partial charge < -0.3 is 9.88 Å². The molecular formula is C23H26N2O. The molecule has 1 saturated heterocycles. The van der Waals surface area contributed by atoms with Crippen LogP contribution in [0, 0.1) is 0 Å². The number of fused-ring (bicyclic) bond motifs is 1. The van der Waals surface area contributed by atoms with Gasteiger partial charge in [0, 0.05) is 36.6 Å². The van der Waals surface area contributed by atoms with E-state index in [-0.39, 0.29) is 5.92 Å². The first-order valence-corrected chi connectivity index (χ1v) is 9.69. The van der Waals surface area contributed by atoms with E-state index in [0.29, 0.717) is 12.3 Å². The number of rotatable bonds is 6. The summed E-state index contributed by atoms with van der Waals surface area (Å²) in [7, 11) is 0. The molecule has 3 aromatic rings. The lowest BCUT2D eigenvalue weighted by Crippen LogP contribution is -2.29. The van der Waals surface area contributed by atoms with Gasteiger partial charge >= 0.3 is 0 Å². The molecule has 0 saturated carbocycles. The Hall–Kier alpha value is -2.55. The highest BCUT2D eigenvalue weighted by molar-refractivity contribution is 5.85. The summed E-state index contributed by atoms with van der Waals surface area (Å²) in [5.74, 6) is 0.560. The third kappa shape index (κ3) is 3.67. The number of aromatic nitrogens is 1. The number of aryl methyl sites for hydroxylation is 1. The van der Waals surface area contributed by atoms with Crippen LogP contribution in [0.2, 0.25) is 0 Å². The molecule has 1 atom stereocenters. The number of nitrogens with one attached hydrogen (secondary N) is 1. The van der Waals surface area contributed by atoms with Crippen molar-refractivity contribution >= 4 is 16.8 Å². The molecule has 26 heavy (non-hydrogen) atoms. The lowest BCUT2D eigenvalue weighted by molar-refractivity contribution is -0.130. The first-order chi connectivity index (χ1) is 12.8. The Bertz CT molecular complexity index is 862. The Morgan fingerprint density at radius 2 is 1.73 bits per heavy atom. The highest BCUT2D eigenvalue weighted by Gasteiger charge is 2.24. The molecule has 0 radical (unpaired) electrons. The van der Waals surface area contributed by atoms with E-state index < -0.39 is 0 Å². The van der Waals surface area contributed by atoms with Crippen LogP contribution in [0.3, 0.4) is 0 Å². The van der Waals surface area contributed by atoms with Gasteiger partial charge in [0.2, 0.25) is 5.91 Å². The molecule has 134 valence electrons. The van der Waals surface area contributed by atoms with E-state index in [0.717, 1.165) is 44.3 Å². The van der Waals surface area contributed by atoms with Crippen LogP contribution in [0.15, 0.2) is 60.8 Å². The van der Waals surface area contributed by atoms with E-state index in [1.165, 1.54) is 16.5 Å². The van der Waals surface area contributed by atoms with Gasteiger partial charge in [0.05, 0.1) is 0 Å². The molecular weight excluding hydrogens is 320 g/mol. The second-order valence-electron chi connectivity index (χ2n) is 7.30. The summed E-state index contributed by atoms with van der Waals surface area (Å²) in [5, 5.41) is 1.25. The number of hydrogen-bond acceptors (Lipinski definition) is 1. The Kier molecular flexibility index (Phi) is 5.05. The number of para-hydroxylation sites is 1. The molecule has 0 aliphatic carbocycles. The number of amides is 1. The molecule has 1 aliphatic heterocycles. The van der Waals surface area contributed by atoms with Crippen molar-refractivity contribution < 1.29 is 4.79 Å². The van der Waals surface area contributed by atoms with Crippen molar-refractivity contribution in [1.29, 1.82) is 0 Å². The number of likely N-dealkylation sites (tertiary alicyclic amines) is 1. The van der Waals surface area contributed by atoms with E-state index in [1.54, 1.807) is 0 Å². The number of H-pyrrole nitrogens is 1. The van der Waals surface area contributed by atoms with Crippen LogP contribution in [0.5, 0.6) is 0 Å². The van der Waals surface area contributed by atoms with Crippen LogP contribution >= 0.6 is 0 Å². The standard InChI is InChI=1S/C23H26N2O/c26-23(25-14-6-7-15-25)16-19(13-12-18-8-2-1-3-9-18)21-17-24-22-11-5-4-10-20(21)22/h1-5,8-11,17,19,24H,6-7,12-16H2/t19-/m1/s1. The summed E-state index contributed by atoms with van der Waals surface area (Å²) in [5.41, 5.74) is 3.77. The zero-order valence-corrected chi connectivity index (χ0v) is 15.2. The van der Waals surface area contributed by atoms with E-state index in [2.05, 4.69) is 65.8 Å². The minimum atomic E-state index is 0.249. The summed E-state index contributed by atoms with van der Waals surface area (Å²) < 4.78 is 0. The van der Waals surface area contributed by atoms with Crippen molar-refractivity contribution in [2.45, 2.75) is 38.0 Å². The largest absolute Gasteiger partial charge is 0.361 e. The number of carbonyl (C=O) groups is 1. The second kappa shape index (κ2) is 7.77. The van der Waals surface area contributed by atoms with Crippen LogP contribution in [0.1, 0.15) is 42.7 Å². The van der Waals surface area contributed by atoms with E-state index >= 15 is 0 Å². The predicted molar refractivity (Wildman–Crippen MR) is 106 cm³/mol. The minimum absolute atomic E-state index is 0.249. The van der Waals surface area contributed by atoms with Gasteiger partial charge in [-0.3, -0.25) is 4.79 Å². The van der Waals surface area contributed by atoms with Gasteiger partial charge in [0.25, 0.3) is 0 Å². The fraction of sp³-hybridized carbons (Fsp3) is 0.348. The molecule has 2 aromatic carbocycles. The van der Waals surface area contributed by atoms with Crippen molar-refractivity contribution in [3.63, 3.8) is 0 Å². The van der Waals surface area contributed by atoms with Crippen LogP contribution < -0.4 is 0 Å². The van der Waals surface area contributed by atoms with Crippen LogP contribution in [-0.2, 0) is 11.2 Å². The second-order valence-corrected chi connectivity index (χ2v) is 7.30. The maximum absolute atomic E-state index is 12.8. The summed E-state index contributed by atoms with van der Waals surface area (Å²) in [4.78, 5) is 18.2. The zero-order valence-electron chi connectivity index (χ0n) is 15.2. The van der Waals surface area contributed by atoms with Crippen molar-refractivity contribution in [2.24, 2.45) is 0 Å². The molecule has 0 bridgehead atoms. The molecule has 1 amide bonds. The molecule has 3 heteroatoms. The molecule has 1 aliphatic rings. The third-order valence-corrected chi connectivity index (χ3v) is 5.57. The molecule has 4 rings (SSSR count). The lowest BCUT2D eigenvalue weighted by Gasteiger charge is -2.21. The predicted octanol–water partition coefficient (Wildman–Crippen LogP) is 4.90. The van der Waals surface area contributed by atoms with Crippen molar-refractivity contribution in [2.75, 3.05) is 13.1 Å². The van der Waals surface area contributed by atoms with Gasteiger partial charge in [-0.05, 0) is 48.8 Å². The van der Waals surface area contributed by atoms with Crippen LogP contribution in [-0.4, -0.2) is 28.9 Å². The summed E-state index contributed by atoms with van der Waals surface area (Å²) in [6.45, 7) is 1.86.